The SMILES string of the molecule is CN(C)C(=O)C1CN(c2ccc([C@]3(O)CC[C@H](N4CCC5C4CCN5C(=O)CNC(=O)c4cccc(C(F)(F)F)c4)CC3)nc2)C1. The standard InChI is InChI=1S/C33H41F3N6O4/c1-39(2)31(45)22-19-40(20-22)25-6-7-28(37-17-25)32(46)12-8-24(9-13-32)41-14-10-27-26(41)11-15-42(27)29(43)18-38-30(44)21-4-3-5-23(16-21)33(34,35)36/h3-7,16-17,22,24,26-27,46H,8-15,18-20H2,1-2H3,(H,38,44)/t24-,26?,27?,32-. The third-order valence-corrected chi connectivity index (χ3v) is 10.3. The number of rotatable bonds is 7. The maximum Gasteiger partial charge on any atom is 0.416 e. The summed E-state index contributed by atoms with van der Waals surface area (Å²) >= 11 is 0. The van der Waals surface area contributed by atoms with Crippen LogP contribution in [0.2, 0.25) is 0 Å². The molecule has 1 saturated carbocycles. The van der Waals surface area contributed by atoms with Crippen molar-refractivity contribution in [1.82, 2.24) is 25.0 Å². The van der Waals surface area contributed by atoms with Crippen molar-refractivity contribution in [2.75, 3.05) is 51.7 Å². The van der Waals surface area contributed by atoms with Crippen LogP contribution < -0.4 is 10.2 Å². The summed E-state index contributed by atoms with van der Waals surface area (Å²) in [6.07, 6.45) is 1.66. The number of carbonyl (C=O) groups excluding carboxylic acids is 3. The molecule has 6 rings (SSSR count). The first kappa shape index (κ1) is 32.2. The zero-order valence-corrected chi connectivity index (χ0v) is 26.2. The first-order valence-electron chi connectivity index (χ1n) is 16.0. The second-order valence-electron chi connectivity index (χ2n) is 13.3. The maximum atomic E-state index is 13.1. The zero-order valence-electron chi connectivity index (χ0n) is 26.2. The van der Waals surface area contributed by atoms with Crippen LogP contribution in [0.1, 0.15) is 60.1 Å². The van der Waals surface area contributed by atoms with E-state index < -0.39 is 23.2 Å². The van der Waals surface area contributed by atoms with Crippen molar-refractivity contribution in [2.24, 2.45) is 5.92 Å². The molecule has 1 aromatic carbocycles. The van der Waals surface area contributed by atoms with Crippen LogP contribution in [0.4, 0.5) is 18.9 Å². The van der Waals surface area contributed by atoms with E-state index in [1.807, 2.05) is 12.1 Å². The van der Waals surface area contributed by atoms with Crippen LogP contribution in [-0.2, 0) is 21.4 Å². The van der Waals surface area contributed by atoms with E-state index in [-0.39, 0.29) is 48.0 Å². The van der Waals surface area contributed by atoms with E-state index in [4.69, 9.17) is 0 Å². The van der Waals surface area contributed by atoms with Gasteiger partial charge in [0, 0.05) is 64.0 Å². The number of hydrogen-bond donors (Lipinski definition) is 2. The van der Waals surface area contributed by atoms with Gasteiger partial charge >= 0.3 is 6.18 Å². The van der Waals surface area contributed by atoms with E-state index in [0.717, 1.165) is 50.0 Å². The van der Waals surface area contributed by atoms with Gasteiger partial charge in [-0.3, -0.25) is 24.3 Å². The average Bonchev–Trinajstić information content (AvgIpc) is 3.62. The van der Waals surface area contributed by atoms with Crippen LogP contribution in [0.3, 0.4) is 0 Å². The number of likely N-dealkylation sites (tertiary alicyclic amines) is 2. The number of nitrogens with one attached hydrogen (secondary N) is 1. The van der Waals surface area contributed by atoms with E-state index in [1.165, 1.54) is 12.1 Å². The lowest BCUT2D eigenvalue weighted by Crippen LogP contribution is -2.53. The highest BCUT2D eigenvalue weighted by Gasteiger charge is 2.48. The molecule has 0 spiro atoms. The molecule has 1 aromatic heterocycles. The van der Waals surface area contributed by atoms with Gasteiger partial charge in [0.1, 0.15) is 5.60 Å². The predicted molar refractivity (Wildman–Crippen MR) is 164 cm³/mol. The lowest BCUT2D eigenvalue weighted by molar-refractivity contribution is -0.137. The zero-order chi connectivity index (χ0) is 32.8. The molecule has 46 heavy (non-hydrogen) atoms. The van der Waals surface area contributed by atoms with E-state index in [9.17, 15) is 32.7 Å². The Hall–Kier alpha value is -3.71. The van der Waals surface area contributed by atoms with Gasteiger partial charge in [0.2, 0.25) is 11.8 Å². The van der Waals surface area contributed by atoms with Crippen molar-refractivity contribution in [1.29, 1.82) is 0 Å². The normalized spacial score (nSPS) is 26.9. The quantitative estimate of drug-likeness (QED) is 0.478. The summed E-state index contributed by atoms with van der Waals surface area (Å²) in [6, 6.07) is 8.56. The van der Waals surface area contributed by atoms with Crippen LogP contribution in [0.25, 0.3) is 0 Å². The molecule has 10 nitrogen and oxygen atoms in total. The topological polar surface area (TPSA) is 109 Å². The Morgan fingerprint density at radius 3 is 2.39 bits per heavy atom. The Kier molecular flexibility index (Phi) is 8.75. The first-order valence-corrected chi connectivity index (χ1v) is 16.0. The van der Waals surface area contributed by atoms with Gasteiger partial charge in [-0.25, -0.2) is 0 Å². The summed E-state index contributed by atoms with van der Waals surface area (Å²) in [4.78, 5) is 50.4. The predicted octanol–water partition coefficient (Wildman–Crippen LogP) is 2.86. The molecule has 3 aliphatic heterocycles. The fraction of sp³-hybridized carbons (Fsp3) is 0.576. The highest BCUT2D eigenvalue weighted by atomic mass is 19.4. The second kappa shape index (κ2) is 12.5. The van der Waals surface area contributed by atoms with Crippen LogP contribution in [0.15, 0.2) is 42.6 Å². The Morgan fingerprint density at radius 1 is 1.02 bits per heavy atom. The largest absolute Gasteiger partial charge is 0.416 e. The molecule has 2 atom stereocenters. The van der Waals surface area contributed by atoms with Crippen LogP contribution in [0, 0.1) is 5.92 Å². The van der Waals surface area contributed by atoms with Gasteiger partial charge in [-0.05, 0) is 68.9 Å². The van der Waals surface area contributed by atoms with Crippen molar-refractivity contribution in [3.63, 3.8) is 0 Å². The number of aromatic nitrogens is 1. The summed E-state index contributed by atoms with van der Waals surface area (Å²) in [5, 5.41) is 14.0. The van der Waals surface area contributed by atoms with Gasteiger partial charge in [0.15, 0.2) is 0 Å². The third-order valence-electron chi connectivity index (χ3n) is 10.3. The fourth-order valence-corrected chi connectivity index (χ4v) is 7.71. The van der Waals surface area contributed by atoms with Gasteiger partial charge < -0.3 is 25.1 Å². The summed E-state index contributed by atoms with van der Waals surface area (Å²) < 4.78 is 39.1. The Bertz CT molecular complexity index is 1450. The van der Waals surface area contributed by atoms with Gasteiger partial charge in [0.05, 0.1) is 35.6 Å². The number of anilines is 1. The van der Waals surface area contributed by atoms with Crippen LogP contribution >= 0.6 is 0 Å². The monoisotopic (exact) mass is 642 g/mol. The molecule has 4 heterocycles. The van der Waals surface area contributed by atoms with Gasteiger partial charge in [-0.1, -0.05) is 6.07 Å². The third kappa shape index (κ3) is 6.31. The molecule has 248 valence electrons. The van der Waals surface area contributed by atoms with Crippen molar-refractivity contribution in [3.8, 4) is 0 Å². The highest BCUT2D eigenvalue weighted by molar-refractivity contribution is 5.96. The van der Waals surface area contributed by atoms with Crippen molar-refractivity contribution < 1.29 is 32.7 Å². The van der Waals surface area contributed by atoms with Gasteiger partial charge in [0.25, 0.3) is 5.91 Å². The molecule has 3 amide bonds. The van der Waals surface area contributed by atoms with Crippen LogP contribution in [-0.4, -0.2) is 107 Å². The number of hydrogen-bond acceptors (Lipinski definition) is 7. The molecule has 4 fully saturated rings. The molecule has 13 heteroatoms. The average molecular weight is 643 g/mol. The number of nitrogens with zero attached hydrogens (tertiary/aromatic N) is 5. The second-order valence-corrected chi connectivity index (χ2v) is 13.3. The van der Waals surface area contributed by atoms with Crippen molar-refractivity contribution in [2.45, 2.75) is 68.4 Å². The number of halogens is 3. The van der Waals surface area contributed by atoms with E-state index in [2.05, 4.69) is 20.1 Å². The lowest BCUT2D eigenvalue weighted by Gasteiger charge is -2.42. The molecule has 2 unspecified atom stereocenters. The molecule has 1 aliphatic carbocycles. The number of pyridine rings is 1. The summed E-state index contributed by atoms with van der Waals surface area (Å²) in [5.41, 5.74) is -0.434. The highest BCUT2D eigenvalue weighted by Crippen LogP contribution is 2.42. The first-order chi connectivity index (χ1) is 21.8. The minimum atomic E-state index is -4.56. The minimum absolute atomic E-state index is 0.00307. The summed E-state index contributed by atoms with van der Waals surface area (Å²) in [5.74, 6) is -0.814. The van der Waals surface area contributed by atoms with E-state index in [1.54, 1.807) is 30.1 Å². The van der Waals surface area contributed by atoms with Gasteiger partial charge in [-0.15, -0.1) is 0 Å². The summed E-state index contributed by atoms with van der Waals surface area (Å²) in [7, 11) is 3.54. The maximum absolute atomic E-state index is 13.1. The molecular formula is C33H41F3N6O4. The van der Waals surface area contributed by atoms with E-state index >= 15 is 0 Å². The van der Waals surface area contributed by atoms with Crippen molar-refractivity contribution >= 4 is 23.4 Å². The molecule has 2 N–H and O–H groups in total. The van der Waals surface area contributed by atoms with Crippen LogP contribution in [0.5, 0.6) is 0 Å². The lowest BCUT2D eigenvalue weighted by atomic mass is 9.79. The Labute approximate surface area is 266 Å². The molecule has 0 radical (unpaired) electrons. The van der Waals surface area contributed by atoms with E-state index in [0.29, 0.717) is 38.2 Å². The molecule has 0 bridgehead atoms. The number of aliphatic hydroxyl groups is 1. The summed E-state index contributed by atoms with van der Waals surface area (Å²) in [6.45, 7) is 2.48. The Balaban J connectivity index is 0.983. The number of carbonyl (C=O) groups is 3. The number of benzene rings is 1. The molecule has 3 saturated heterocycles. The van der Waals surface area contributed by atoms with Crippen molar-refractivity contribution in [3.05, 3.63) is 59.4 Å². The number of fused-ring (bicyclic) bond motifs is 1. The fourth-order valence-electron chi connectivity index (χ4n) is 7.71. The smallest absolute Gasteiger partial charge is 0.384 e. The molecule has 4 aliphatic rings. The van der Waals surface area contributed by atoms with Gasteiger partial charge in [-0.2, -0.15) is 13.2 Å². The molecule has 2 aromatic rings. The number of amides is 3. The number of alkyl halides is 3. The Morgan fingerprint density at radius 2 is 1.74 bits per heavy atom. The minimum Gasteiger partial charge on any atom is -0.384 e. The molecular weight excluding hydrogens is 601 g/mol.